The van der Waals surface area contributed by atoms with Crippen LogP contribution in [0.4, 0.5) is 36.3 Å². The SMILES string of the molecule is CCCCOc1cccc(Nc2nc(Nc3ccc(CCCC)cc3)ncc2C(F)(F)F)c1. The average molecular weight is 459 g/mol. The third-order valence-corrected chi connectivity index (χ3v) is 4.99. The van der Waals surface area contributed by atoms with Crippen LogP contribution in [-0.2, 0) is 12.6 Å². The molecule has 0 fully saturated rings. The quantitative estimate of drug-likeness (QED) is 0.291. The highest BCUT2D eigenvalue weighted by molar-refractivity contribution is 5.64. The standard InChI is InChI=1S/C25H29F3N4O/c1-3-5-8-18-11-13-19(14-12-18)31-24-29-17-22(25(26,27)28)23(32-24)30-20-9-7-10-21(16-20)33-15-6-4-2/h7,9-14,16-17H,3-6,8,15H2,1-2H3,(H2,29,30,31,32). The van der Waals surface area contributed by atoms with Crippen molar-refractivity contribution in [2.45, 2.75) is 52.1 Å². The molecule has 3 aromatic rings. The van der Waals surface area contributed by atoms with E-state index in [1.54, 1.807) is 24.3 Å². The van der Waals surface area contributed by atoms with E-state index in [2.05, 4.69) is 34.4 Å². The highest BCUT2D eigenvalue weighted by atomic mass is 19.4. The lowest BCUT2D eigenvalue weighted by Gasteiger charge is -2.15. The van der Waals surface area contributed by atoms with Crippen LogP contribution >= 0.6 is 0 Å². The Balaban J connectivity index is 1.80. The Morgan fingerprint density at radius 1 is 0.909 bits per heavy atom. The second-order valence-corrected chi connectivity index (χ2v) is 7.73. The van der Waals surface area contributed by atoms with Gasteiger partial charge in [0.05, 0.1) is 6.61 Å². The van der Waals surface area contributed by atoms with Gasteiger partial charge in [0, 0.05) is 23.6 Å². The summed E-state index contributed by atoms with van der Waals surface area (Å²) in [5.41, 5.74) is 1.41. The minimum absolute atomic E-state index is 0.0714. The van der Waals surface area contributed by atoms with Crippen LogP contribution in [-0.4, -0.2) is 16.6 Å². The first-order valence-electron chi connectivity index (χ1n) is 11.2. The highest BCUT2D eigenvalue weighted by Crippen LogP contribution is 2.35. The van der Waals surface area contributed by atoms with Gasteiger partial charge in [0.25, 0.3) is 0 Å². The second-order valence-electron chi connectivity index (χ2n) is 7.73. The summed E-state index contributed by atoms with van der Waals surface area (Å²) >= 11 is 0. The van der Waals surface area contributed by atoms with Crippen molar-refractivity contribution in [2.75, 3.05) is 17.2 Å². The highest BCUT2D eigenvalue weighted by Gasteiger charge is 2.35. The first-order chi connectivity index (χ1) is 15.9. The molecular formula is C25H29F3N4O. The van der Waals surface area contributed by atoms with Gasteiger partial charge in [0.2, 0.25) is 5.95 Å². The van der Waals surface area contributed by atoms with E-state index in [1.807, 2.05) is 24.3 Å². The van der Waals surface area contributed by atoms with Crippen LogP contribution in [0.25, 0.3) is 0 Å². The number of unbranched alkanes of at least 4 members (excludes halogenated alkanes) is 2. The van der Waals surface area contributed by atoms with E-state index in [-0.39, 0.29) is 11.8 Å². The van der Waals surface area contributed by atoms with Crippen molar-refractivity contribution in [1.82, 2.24) is 9.97 Å². The van der Waals surface area contributed by atoms with E-state index in [0.29, 0.717) is 23.7 Å². The molecule has 1 heterocycles. The number of aryl methyl sites for hydroxylation is 1. The zero-order chi connectivity index (χ0) is 23.7. The van der Waals surface area contributed by atoms with Crippen LogP contribution in [0.15, 0.2) is 54.7 Å². The largest absolute Gasteiger partial charge is 0.494 e. The molecule has 0 aliphatic rings. The molecule has 0 bridgehead atoms. The first-order valence-corrected chi connectivity index (χ1v) is 11.2. The van der Waals surface area contributed by atoms with E-state index in [1.165, 1.54) is 5.56 Å². The van der Waals surface area contributed by atoms with Crippen LogP contribution in [0.2, 0.25) is 0 Å². The molecule has 33 heavy (non-hydrogen) atoms. The van der Waals surface area contributed by atoms with Gasteiger partial charge < -0.3 is 15.4 Å². The summed E-state index contributed by atoms with van der Waals surface area (Å²) in [4.78, 5) is 7.99. The van der Waals surface area contributed by atoms with Crippen LogP contribution in [0.3, 0.4) is 0 Å². The summed E-state index contributed by atoms with van der Waals surface area (Å²) in [6.07, 6.45) is 1.29. The van der Waals surface area contributed by atoms with E-state index >= 15 is 0 Å². The Morgan fingerprint density at radius 2 is 1.67 bits per heavy atom. The number of alkyl halides is 3. The molecule has 0 saturated carbocycles. The fraction of sp³-hybridized carbons (Fsp3) is 0.360. The maximum absolute atomic E-state index is 13.6. The van der Waals surface area contributed by atoms with E-state index in [9.17, 15) is 13.2 Å². The van der Waals surface area contributed by atoms with Crippen LogP contribution in [0, 0.1) is 0 Å². The molecule has 2 N–H and O–H groups in total. The molecule has 0 spiro atoms. The molecule has 1 aromatic heterocycles. The monoisotopic (exact) mass is 458 g/mol. The molecule has 0 unspecified atom stereocenters. The zero-order valence-electron chi connectivity index (χ0n) is 18.9. The summed E-state index contributed by atoms with van der Waals surface area (Å²) in [6, 6.07) is 14.5. The molecule has 8 heteroatoms. The number of anilines is 4. The molecule has 2 aromatic carbocycles. The van der Waals surface area contributed by atoms with Gasteiger partial charge in [-0.3, -0.25) is 0 Å². The van der Waals surface area contributed by atoms with Crippen LogP contribution in [0.1, 0.15) is 50.7 Å². The number of hydrogen-bond acceptors (Lipinski definition) is 5. The van der Waals surface area contributed by atoms with E-state index < -0.39 is 11.7 Å². The maximum atomic E-state index is 13.6. The summed E-state index contributed by atoms with van der Waals surface area (Å²) in [5.74, 6) is 0.324. The smallest absolute Gasteiger partial charge is 0.421 e. The molecule has 5 nitrogen and oxygen atoms in total. The molecule has 176 valence electrons. The second kappa shape index (κ2) is 11.5. The number of aromatic nitrogens is 2. The average Bonchev–Trinajstić information content (AvgIpc) is 2.78. The Morgan fingerprint density at radius 3 is 2.36 bits per heavy atom. The summed E-state index contributed by atoms with van der Waals surface area (Å²) in [5, 5.41) is 5.76. The fourth-order valence-corrected chi connectivity index (χ4v) is 3.14. The van der Waals surface area contributed by atoms with Gasteiger partial charge in [-0.2, -0.15) is 18.2 Å². The van der Waals surface area contributed by atoms with Crippen LogP contribution in [0.5, 0.6) is 5.75 Å². The van der Waals surface area contributed by atoms with Crippen molar-refractivity contribution in [3.05, 3.63) is 65.9 Å². The Hall–Kier alpha value is -3.29. The Bertz CT molecular complexity index is 1020. The van der Waals surface area contributed by atoms with Crippen molar-refractivity contribution in [2.24, 2.45) is 0 Å². The van der Waals surface area contributed by atoms with Gasteiger partial charge in [-0.25, -0.2) is 4.98 Å². The van der Waals surface area contributed by atoms with E-state index in [4.69, 9.17) is 4.74 Å². The topological polar surface area (TPSA) is 59.1 Å². The van der Waals surface area contributed by atoms with Crippen molar-refractivity contribution in [3.63, 3.8) is 0 Å². The lowest BCUT2D eigenvalue weighted by Crippen LogP contribution is -2.12. The number of halogens is 3. The molecule has 0 amide bonds. The zero-order valence-corrected chi connectivity index (χ0v) is 18.9. The fourth-order valence-electron chi connectivity index (χ4n) is 3.14. The molecule has 3 rings (SSSR count). The lowest BCUT2D eigenvalue weighted by molar-refractivity contribution is -0.137. The van der Waals surface area contributed by atoms with Crippen molar-refractivity contribution < 1.29 is 17.9 Å². The van der Waals surface area contributed by atoms with Crippen molar-refractivity contribution >= 4 is 23.1 Å². The normalized spacial score (nSPS) is 11.3. The summed E-state index contributed by atoms with van der Waals surface area (Å²) in [6.45, 7) is 4.74. The van der Waals surface area contributed by atoms with E-state index in [0.717, 1.165) is 38.3 Å². The molecule has 0 atom stereocenters. The number of hydrogen-bond donors (Lipinski definition) is 2. The lowest BCUT2D eigenvalue weighted by atomic mass is 10.1. The van der Waals surface area contributed by atoms with Gasteiger partial charge in [-0.1, -0.05) is 44.9 Å². The Labute approximate surface area is 192 Å². The number of nitrogens with zero attached hydrogens (tertiary/aromatic N) is 2. The maximum Gasteiger partial charge on any atom is 0.421 e. The molecule has 0 aliphatic heterocycles. The van der Waals surface area contributed by atoms with Gasteiger partial charge >= 0.3 is 6.18 Å². The van der Waals surface area contributed by atoms with Gasteiger partial charge in [-0.15, -0.1) is 0 Å². The van der Waals surface area contributed by atoms with Crippen molar-refractivity contribution in [3.8, 4) is 5.75 Å². The predicted octanol–water partition coefficient (Wildman–Crippen LogP) is 7.50. The minimum Gasteiger partial charge on any atom is -0.494 e. The molecule has 0 aliphatic carbocycles. The summed E-state index contributed by atoms with van der Waals surface area (Å²) < 4.78 is 46.4. The van der Waals surface area contributed by atoms with Crippen LogP contribution < -0.4 is 15.4 Å². The minimum atomic E-state index is -4.60. The number of nitrogens with one attached hydrogen (secondary N) is 2. The Kier molecular flexibility index (Phi) is 8.52. The number of ether oxygens (including phenoxy) is 1. The number of benzene rings is 2. The third-order valence-electron chi connectivity index (χ3n) is 4.99. The van der Waals surface area contributed by atoms with Gasteiger partial charge in [0.15, 0.2) is 0 Å². The van der Waals surface area contributed by atoms with Gasteiger partial charge in [0.1, 0.15) is 17.1 Å². The third kappa shape index (κ3) is 7.37. The van der Waals surface area contributed by atoms with Crippen molar-refractivity contribution in [1.29, 1.82) is 0 Å². The molecular weight excluding hydrogens is 429 g/mol. The predicted molar refractivity (Wildman–Crippen MR) is 125 cm³/mol. The number of rotatable bonds is 11. The molecule has 0 radical (unpaired) electrons. The summed E-state index contributed by atoms with van der Waals surface area (Å²) in [7, 11) is 0. The first kappa shape index (κ1) is 24.4. The van der Waals surface area contributed by atoms with Gasteiger partial charge in [-0.05, 0) is 49.1 Å². The molecule has 0 saturated heterocycles.